The zero-order valence-corrected chi connectivity index (χ0v) is 30.7. The van der Waals surface area contributed by atoms with E-state index in [1.165, 1.54) is 70.2 Å². The van der Waals surface area contributed by atoms with Gasteiger partial charge in [0.1, 0.15) is 11.5 Å². The highest BCUT2D eigenvalue weighted by atomic mass is 16.5. The third-order valence-corrected chi connectivity index (χ3v) is 13.1. The fourth-order valence-corrected chi connectivity index (χ4v) is 11.0. The van der Waals surface area contributed by atoms with Gasteiger partial charge in [0.25, 0.3) is 0 Å². The van der Waals surface area contributed by atoms with E-state index in [9.17, 15) is 0 Å². The molecule has 0 saturated heterocycles. The van der Waals surface area contributed by atoms with E-state index in [-0.39, 0.29) is 0 Å². The van der Waals surface area contributed by atoms with E-state index in [1.807, 2.05) is 0 Å². The first-order valence-corrected chi connectivity index (χ1v) is 19.9. The smallest absolute Gasteiger partial charge is 0.133 e. The molecular weight excluding hydrogens is 657 g/mol. The third-order valence-electron chi connectivity index (χ3n) is 13.1. The zero-order chi connectivity index (χ0) is 35.8. The van der Waals surface area contributed by atoms with Gasteiger partial charge in [0, 0.05) is 39.3 Å². The van der Waals surface area contributed by atoms with Crippen molar-refractivity contribution in [1.82, 2.24) is 4.57 Å². The minimum atomic E-state index is 0.558. The van der Waals surface area contributed by atoms with E-state index in [2.05, 4.69) is 174 Å². The summed E-state index contributed by atoms with van der Waals surface area (Å²) < 4.78 is 9.46. The van der Waals surface area contributed by atoms with Gasteiger partial charge in [0.05, 0.1) is 16.7 Å². The van der Waals surface area contributed by atoms with Crippen LogP contribution < -0.4 is 9.64 Å². The maximum Gasteiger partial charge on any atom is 0.133 e. The van der Waals surface area contributed by atoms with Crippen molar-refractivity contribution in [2.75, 3.05) is 4.90 Å². The number of rotatable bonds is 7. The number of fused-ring (bicyclic) bond motifs is 4. The number of ether oxygens (including phenoxy) is 1. The van der Waals surface area contributed by atoms with Gasteiger partial charge in [-0.1, -0.05) is 97.1 Å². The number of anilines is 3. The van der Waals surface area contributed by atoms with Crippen LogP contribution in [0.2, 0.25) is 0 Å². The molecule has 0 amide bonds. The molecule has 4 bridgehead atoms. The Labute approximate surface area is 317 Å². The molecule has 0 radical (unpaired) electrons. The number of aryl methyl sites for hydroxylation is 1. The average molecular weight is 701 g/mol. The normalized spacial score (nSPS) is 21.6. The van der Waals surface area contributed by atoms with Crippen molar-refractivity contribution >= 4 is 49.6 Å². The summed E-state index contributed by atoms with van der Waals surface area (Å²) in [6.07, 6.45) is 6.97. The molecule has 0 aliphatic heterocycles. The van der Waals surface area contributed by atoms with Gasteiger partial charge in [-0.2, -0.15) is 0 Å². The molecule has 264 valence electrons. The van der Waals surface area contributed by atoms with Crippen LogP contribution >= 0.6 is 0 Å². The van der Waals surface area contributed by atoms with Crippen LogP contribution in [-0.2, 0) is 0 Å². The van der Waals surface area contributed by atoms with Crippen LogP contribution in [0.15, 0.2) is 158 Å². The molecule has 8 aromatic rings. The van der Waals surface area contributed by atoms with Crippen molar-refractivity contribution in [2.45, 2.75) is 44.9 Å². The van der Waals surface area contributed by atoms with Crippen molar-refractivity contribution in [3.05, 3.63) is 169 Å². The number of para-hydroxylation sites is 3. The highest BCUT2D eigenvalue weighted by Crippen LogP contribution is 2.61. The van der Waals surface area contributed by atoms with Gasteiger partial charge < -0.3 is 14.2 Å². The van der Waals surface area contributed by atoms with E-state index in [4.69, 9.17) is 4.74 Å². The molecule has 3 nitrogen and oxygen atoms in total. The quantitative estimate of drug-likeness (QED) is 0.165. The summed E-state index contributed by atoms with van der Waals surface area (Å²) in [5.41, 5.74) is 9.51. The average Bonchev–Trinajstić information content (AvgIpc) is 3.54. The number of aromatic nitrogens is 1. The lowest BCUT2D eigenvalue weighted by Gasteiger charge is -2.54. The summed E-state index contributed by atoms with van der Waals surface area (Å²) in [6, 6.07) is 57.6. The molecule has 1 heterocycles. The van der Waals surface area contributed by atoms with E-state index < -0.39 is 0 Å². The molecule has 7 aromatic carbocycles. The molecule has 0 unspecified atom stereocenters. The first-order valence-electron chi connectivity index (χ1n) is 19.9. The second-order valence-electron chi connectivity index (χ2n) is 16.3. The maximum atomic E-state index is 7.07. The van der Waals surface area contributed by atoms with Gasteiger partial charge >= 0.3 is 0 Å². The lowest BCUT2D eigenvalue weighted by atomic mass is 9.50. The Balaban J connectivity index is 1.08. The van der Waals surface area contributed by atoms with Crippen LogP contribution in [0.3, 0.4) is 0 Å². The van der Waals surface area contributed by atoms with E-state index in [0.717, 1.165) is 63.5 Å². The first-order chi connectivity index (χ1) is 26.7. The Morgan fingerprint density at radius 1 is 0.519 bits per heavy atom. The first kappa shape index (κ1) is 31.7. The van der Waals surface area contributed by atoms with Gasteiger partial charge in [-0.25, -0.2) is 0 Å². The maximum absolute atomic E-state index is 7.07. The molecule has 0 spiro atoms. The molecule has 3 heteroatoms. The van der Waals surface area contributed by atoms with Crippen molar-refractivity contribution < 1.29 is 4.74 Å². The second kappa shape index (κ2) is 12.7. The summed E-state index contributed by atoms with van der Waals surface area (Å²) in [6.45, 7) is 2.16. The number of benzene rings is 7. The summed E-state index contributed by atoms with van der Waals surface area (Å²) in [5, 5.41) is 4.99. The highest BCUT2D eigenvalue weighted by molar-refractivity contribution is 6.09. The van der Waals surface area contributed by atoms with Crippen molar-refractivity contribution in [3.8, 4) is 17.2 Å². The monoisotopic (exact) mass is 700 g/mol. The van der Waals surface area contributed by atoms with Gasteiger partial charge in [0.15, 0.2) is 0 Å². The third kappa shape index (κ3) is 5.16. The van der Waals surface area contributed by atoms with E-state index in [1.54, 1.807) is 0 Å². The largest absolute Gasteiger partial charge is 0.457 e. The zero-order valence-electron chi connectivity index (χ0n) is 30.7. The lowest BCUT2D eigenvalue weighted by Crippen LogP contribution is -2.43. The molecule has 54 heavy (non-hydrogen) atoms. The van der Waals surface area contributed by atoms with E-state index >= 15 is 0 Å². The number of nitrogens with zero attached hydrogens (tertiary/aromatic N) is 2. The predicted octanol–water partition coefficient (Wildman–Crippen LogP) is 14.0. The Morgan fingerprint density at radius 3 is 1.81 bits per heavy atom. The minimum Gasteiger partial charge on any atom is -0.457 e. The van der Waals surface area contributed by atoms with Crippen molar-refractivity contribution in [2.24, 2.45) is 23.7 Å². The molecule has 4 saturated carbocycles. The van der Waals surface area contributed by atoms with Gasteiger partial charge in [-0.3, -0.25) is 0 Å². The molecule has 0 N–H and O–H groups in total. The van der Waals surface area contributed by atoms with Gasteiger partial charge in [-0.05, 0) is 140 Å². The molecule has 4 aliphatic carbocycles. The Bertz CT molecular complexity index is 2600. The molecule has 4 fully saturated rings. The highest BCUT2D eigenvalue weighted by Gasteiger charge is 2.49. The fourth-order valence-electron chi connectivity index (χ4n) is 11.0. The summed E-state index contributed by atoms with van der Waals surface area (Å²) in [5.74, 6) is 5.87. The standard InChI is InChI=1S/C51H44N2O/c1-33-11-2-9-20-49(33)54-50-32-41(25-26-45(50)51-37-28-34-27-35(30-37)31-38(51)29-34)52(46-19-10-13-36-12-3-4-14-42(36)46)39-21-23-40(24-22-39)53-47-17-7-5-15-43(47)44-16-6-8-18-48(44)53/h2-26,32,34-35,37-38,51H,27-31H2,1H3. The topological polar surface area (TPSA) is 17.4 Å². The van der Waals surface area contributed by atoms with Crippen LogP contribution in [0, 0.1) is 30.6 Å². The molecule has 1 aromatic heterocycles. The minimum absolute atomic E-state index is 0.558. The summed E-state index contributed by atoms with van der Waals surface area (Å²) in [7, 11) is 0. The van der Waals surface area contributed by atoms with Crippen LogP contribution in [0.4, 0.5) is 17.1 Å². The van der Waals surface area contributed by atoms with Crippen molar-refractivity contribution in [1.29, 1.82) is 0 Å². The number of hydrogen-bond acceptors (Lipinski definition) is 2. The molecule has 4 aliphatic rings. The molecule has 12 rings (SSSR count). The van der Waals surface area contributed by atoms with Crippen LogP contribution in [0.1, 0.15) is 49.1 Å². The van der Waals surface area contributed by atoms with Crippen LogP contribution in [0.5, 0.6) is 11.5 Å². The fraction of sp³-hybridized carbons (Fsp3) is 0.216. The van der Waals surface area contributed by atoms with Crippen LogP contribution in [0.25, 0.3) is 38.3 Å². The summed E-state index contributed by atoms with van der Waals surface area (Å²) >= 11 is 0. The Morgan fingerprint density at radius 2 is 1.11 bits per heavy atom. The molecule has 0 atom stereocenters. The van der Waals surface area contributed by atoms with Crippen molar-refractivity contribution in [3.63, 3.8) is 0 Å². The predicted molar refractivity (Wildman–Crippen MR) is 224 cm³/mol. The number of hydrogen-bond donors (Lipinski definition) is 0. The van der Waals surface area contributed by atoms with Gasteiger partial charge in [-0.15, -0.1) is 0 Å². The second-order valence-corrected chi connectivity index (χ2v) is 16.3. The van der Waals surface area contributed by atoms with Gasteiger partial charge in [0.2, 0.25) is 0 Å². The van der Waals surface area contributed by atoms with E-state index in [0.29, 0.717) is 5.92 Å². The SMILES string of the molecule is Cc1ccccc1Oc1cc(N(c2ccc(-n3c4ccccc4c4ccccc43)cc2)c2cccc3ccccc23)ccc1C1C2CC3CC(C2)CC1C3. The summed E-state index contributed by atoms with van der Waals surface area (Å²) in [4.78, 5) is 2.43. The Hall–Kier alpha value is -5.80. The van der Waals surface area contributed by atoms with Crippen LogP contribution in [-0.4, -0.2) is 4.57 Å². The lowest BCUT2D eigenvalue weighted by molar-refractivity contribution is -0.00335. The molecular formula is C51H44N2O. The Kier molecular flexibility index (Phi) is 7.43.